The van der Waals surface area contributed by atoms with E-state index in [0.29, 0.717) is 0 Å². The second-order valence-corrected chi connectivity index (χ2v) is 4.86. The lowest BCUT2D eigenvalue weighted by Crippen LogP contribution is -2.46. The molecule has 0 N–H and O–H groups in total. The molecule has 1 aliphatic carbocycles. The molecule has 0 fully saturated rings. The van der Waals surface area contributed by atoms with Crippen LogP contribution in [0.1, 0.15) is 10.4 Å². The maximum absolute atomic E-state index is 11.7. The van der Waals surface area contributed by atoms with Gasteiger partial charge in [-0.2, -0.15) is 0 Å². The molecule has 0 amide bonds. The van der Waals surface area contributed by atoms with Gasteiger partial charge in [0, 0.05) is 6.08 Å². The number of nitrogens with zero attached hydrogens (tertiary/aromatic N) is 1. The van der Waals surface area contributed by atoms with Gasteiger partial charge in [0.05, 0.1) is 12.0 Å². The molecule has 0 radical (unpaired) electrons. The van der Waals surface area contributed by atoms with E-state index in [0.717, 1.165) is 0 Å². The zero-order valence-corrected chi connectivity index (χ0v) is 11.8. The number of hydrogen-bond acceptors (Lipinski definition) is 5. The highest BCUT2D eigenvalue weighted by Gasteiger charge is 2.48. The number of methoxy groups -OCH3 is 1. The van der Waals surface area contributed by atoms with Crippen molar-refractivity contribution in [1.82, 2.24) is 0 Å². The first kappa shape index (κ1) is 15.1. The lowest BCUT2D eigenvalue weighted by Gasteiger charge is -2.26. The van der Waals surface area contributed by atoms with Gasteiger partial charge in [-0.05, 0) is 29.8 Å². The van der Waals surface area contributed by atoms with Crippen molar-refractivity contribution < 1.29 is 19.2 Å². The highest BCUT2D eigenvalue weighted by atomic mass is 35.5. The van der Waals surface area contributed by atoms with E-state index in [1.54, 1.807) is 18.2 Å². The SMILES string of the molecule is COC(=O)c1ccccc1OC1C=CC=CC1(Cl)[N+](=O)[O-]. The second kappa shape index (κ2) is 5.97. The van der Waals surface area contributed by atoms with E-state index in [2.05, 4.69) is 4.74 Å². The molecule has 0 spiro atoms. The Labute approximate surface area is 125 Å². The predicted molar refractivity (Wildman–Crippen MR) is 76.1 cm³/mol. The summed E-state index contributed by atoms with van der Waals surface area (Å²) < 4.78 is 10.2. The Kier molecular flexibility index (Phi) is 4.28. The van der Waals surface area contributed by atoms with Crippen LogP contribution in [0.3, 0.4) is 0 Å². The van der Waals surface area contributed by atoms with E-state index in [4.69, 9.17) is 16.3 Å². The number of allylic oxidation sites excluding steroid dienone is 2. The molecular formula is C14H12ClNO5. The molecule has 110 valence electrons. The van der Waals surface area contributed by atoms with Crippen LogP contribution >= 0.6 is 11.6 Å². The number of ether oxygens (including phenoxy) is 2. The summed E-state index contributed by atoms with van der Waals surface area (Å²) in [6.45, 7) is 0. The first-order chi connectivity index (χ1) is 9.99. The van der Waals surface area contributed by atoms with Gasteiger partial charge in [0.2, 0.25) is 6.10 Å². The Hall–Kier alpha value is -2.34. The molecule has 1 aliphatic rings. The lowest BCUT2D eigenvalue weighted by molar-refractivity contribution is -0.536. The van der Waals surface area contributed by atoms with Crippen LogP contribution in [-0.2, 0) is 4.74 Å². The van der Waals surface area contributed by atoms with Crippen molar-refractivity contribution in [3.8, 4) is 5.75 Å². The van der Waals surface area contributed by atoms with Gasteiger partial charge in [0.25, 0.3) is 0 Å². The molecular weight excluding hydrogens is 298 g/mol. The van der Waals surface area contributed by atoms with Crippen molar-refractivity contribution in [3.05, 3.63) is 64.2 Å². The minimum atomic E-state index is -1.92. The molecule has 0 bridgehead atoms. The molecule has 0 heterocycles. The molecule has 2 unspecified atom stereocenters. The fourth-order valence-corrected chi connectivity index (χ4v) is 2.05. The number of esters is 1. The smallest absolute Gasteiger partial charge is 0.353 e. The standard InChI is InChI=1S/C14H12ClNO5/c1-20-13(17)10-6-2-3-7-11(10)21-12-8-4-5-9-14(12,15)16(18)19/h2-9,12H,1H3. The maximum Gasteiger partial charge on any atom is 0.353 e. The quantitative estimate of drug-likeness (QED) is 0.281. The van der Waals surface area contributed by atoms with Gasteiger partial charge in [-0.15, -0.1) is 0 Å². The number of hydrogen-bond donors (Lipinski definition) is 0. The highest BCUT2D eigenvalue weighted by Crippen LogP contribution is 2.31. The Bertz CT molecular complexity index is 628. The maximum atomic E-state index is 11.7. The van der Waals surface area contributed by atoms with Gasteiger partial charge >= 0.3 is 11.0 Å². The van der Waals surface area contributed by atoms with Gasteiger partial charge in [-0.1, -0.05) is 24.3 Å². The van der Waals surface area contributed by atoms with Crippen molar-refractivity contribution in [1.29, 1.82) is 0 Å². The van der Waals surface area contributed by atoms with Crippen molar-refractivity contribution in [2.24, 2.45) is 0 Å². The molecule has 0 saturated carbocycles. The van der Waals surface area contributed by atoms with Crippen molar-refractivity contribution in [2.75, 3.05) is 7.11 Å². The third kappa shape index (κ3) is 2.90. The number of carbonyl (C=O) groups excluding carboxylic acids is 1. The molecule has 21 heavy (non-hydrogen) atoms. The number of benzene rings is 1. The summed E-state index contributed by atoms with van der Waals surface area (Å²) in [6, 6.07) is 6.31. The summed E-state index contributed by atoms with van der Waals surface area (Å²) in [6.07, 6.45) is 4.71. The van der Waals surface area contributed by atoms with Crippen LogP contribution in [0.2, 0.25) is 0 Å². The van der Waals surface area contributed by atoms with Gasteiger partial charge < -0.3 is 9.47 Å². The van der Waals surface area contributed by atoms with E-state index in [9.17, 15) is 14.9 Å². The van der Waals surface area contributed by atoms with Crippen molar-refractivity contribution in [2.45, 2.75) is 11.1 Å². The third-order valence-electron chi connectivity index (χ3n) is 2.95. The molecule has 0 aromatic heterocycles. The van der Waals surface area contributed by atoms with E-state index in [1.807, 2.05) is 0 Å². The second-order valence-electron chi connectivity index (χ2n) is 4.25. The monoisotopic (exact) mass is 309 g/mol. The number of rotatable bonds is 4. The van der Waals surface area contributed by atoms with Gasteiger partial charge in [-0.3, -0.25) is 10.1 Å². The average Bonchev–Trinajstić information content (AvgIpc) is 2.49. The normalized spacial score (nSPS) is 23.6. The molecule has 1 aromatic carbocycles. The number of carbonyl (C=O) groups is 1. The average molecular weight is 310 g/mol. The predicted octanol–water partition coefficient (Wildman–Crippen LogP) is 2.56. The zero-order chi connectivity index (χ0) is 15.5. The number of alkyl halides is 1. The number of nitro groups is 1. The van der Waals surface area contributed by atoms with Crippen LogP contribution in [-0.4, -0.2) is 29.1 Å². The van der Waals surface area contributed by atoms with Gasteiger partial charge in [0.15, 0.2) is 0 Å². The summed E-state index contributed by atoms with van der Waals surface area (Å²) in [5.41, 5.74) is 0.172. The summed E-state index contributed by atoms with van der Waals surface area (Å²) in [4.78, 5) is 20.3. The Morgan fingerprint density at radius 2 is 2.10 bits per heavy atom. The molecule has 0 saturated heterocycles. The summed E-state index contributed by atoms with van der Waals surface area (Å²) in [7, 11) is 1.24. The Morgan fingerprint density at radius 3 is 2.76 bits per heavy atom. The topological polar surface area (TPSA) is 78.7 Å². The highest BCUT2D eigenvalue weighted by molar-refractivity contribution is 6.24. The van der Waals surface area contributed by atoms with Crippen molar-refractivity contribution in [3.63, 3.8) is 0 Å². The van der Waals surface area contributed by atoms with Crippen LogP contribution in [0.4, 0.5) is 0 Å². The lowest BCUT2D eigenvalue weighted by atomic mass is 10.1. The van der Waals surface area contributed by atoms with Crippen molar-refractivity contribution >= 4 is 17.6 Å². The van der Waals surface area contributed by atoms with Crippen LogP contribution < -0.4 is 4.74 Å². The zero-order valence-electron chi connectivity index (χ0n) is 11.1. The largest absolute Gasteiger partial charge is 0.476 e. The van der Waals surface area contributed by atoms with E-state index in [-0.39, 0.29) is 11.3 Å². The summed E-state index contributed by atoms with van der Waals surface area (Å²) in [5.74, 6) is -0.427. The Morgan fingerprint density at radius 1 is 1.38 bits per heavy atom. The molecule has 7 heteroatoms. The summed E-state index contributed by atoms with van der Waals surface area (Å²) in [5, 5.41) is 11.2. The Balaban J connectivity index is 2.34. The minimum Gasteiger partial charge on any atom is -0.476 e. The van der Waals surface area contributed by atoms with Gasteiger partial charge in [-0.25, -0.2) is 4.79 Å². The van der Waals surface area contributed by atoms with E-state index < -0.39 is 22.0 Å². The fourth-order valence-electron chi connectivity index (χ4n) is 1.86. The molecule has 1 aromatic rings. The van der Waals surface area contributed by atoms with Gasteiger partial charge in [0.1, 0.15) is 11.3 Å². The molecule has 0 aliphatic heterocycles. The first-order valence-electron chi connectivity index (χ1n) is 6.02. The summed E-state index contributed by atoms with van der Waals surface area (Å²) >= 11 is 6.01. The van der Waals surface area contributed by atoms with Crippen LogP contribution in [0, 0.1) is 10.1 Å². The number of halogens is 1. The van der Waals surface area contributed by atoms with E-state index in [1.165, 1.54) is 37.5 Å². The molecule has 2 rings (SSSR count). The molecule has 2 atom stereocenters. The minimum absolute atomic E-state index is 0.168. The van der Waals surface area contributed by atoms with Crippen LogP contribution in [0.5, 0.6) is 5.75 Å². The number of para-hydroxylation sites is 1. The van der Waals surface area contributed by atoms with Crippen LogP contribution in [0.25, 0.3) is 0 Å². The fraction of sp³-hybridized carbons (Fsp3) is 0.214. The molecule has 6 nitrogen and oxygen atoms in total. The third-order valence-corrected chi connectivity index (χ3v) is 3.43. The first-order valence-corrected chi connectivity index (χ1v) is 6.40. The van der Waals surface area contributed by atoms with Crippen LogP contribution in [0.15, 0.2) is 48.6 Å². The van der Waals surface area contributed by atoms with E-state index >= 15 is 0 Å².